The van der Waals surface area contributed by atoms with E-state index < -0.39 is 23.5 Å². The lowest BCUT2D eigenvalue weighted by Crippen LogP contribution is -2.37. The van der Waals surface area contributed by atoms with Crippen LogP contribution in [0.4, 0.5) is 0 Å². The Hall–Kier alpha value is -1.33. The fourth-order valence-electron chi connectivity index (χ4n) is 1.79. The Kier molecular flexibility index (Phi) is 1.78. The van der Waals surface area contributed by atoms with Crippen LogP contribution in [0.2, 0.25) is 0 Å². The van der Waals surface area contributed by atoms with E-state index >= 15 is 0 Å². The Bertz CT molecular complexity index is 381. The molecule has 0 aliphatic carbocycles. The van der Waals surface area contributed by atoms with Crippen LogP contribution < -0.4 is 0 Å². The van der Waals surface area contributed by atoms with Gasteiger partial charge in [0.15, 0.2) is 11.5 Å². The zero-order valence-corrected chi connectivity index (χ0v) is 8.48. The van der Waals surface area contributed by atoms with Crippen molar-refractivity contribution in [3.63, 3.8) is 0 Å². The monoisotopic (exact) mass is 212 g/mol. The smallest absolute Gasteiger partial charge is 0.337 e. The van der Waals surface area contributed by atoms with Crippen LogP contribution in [0.1, 0.15) is 13.8 Å². The first-order valence-electron chi connectivity index (χ1n) is 4.55. The van der Waals surface area contributed by atoms with Crippen LogP contribution in [0.25, 0.3) is 0 Å². The molecular weight excluding hydrogens is 200 g/mol. The highest BCUT2D eigenvalue weighted by atomic mass is 16.8. The van der Waals surface area contributed by atoms with Crippen LogP contribution in [0.5, 0.6) is 0 Å². The third kappa shape index (κ3) is 1.13. The molecule has 2 N–H and O–H groups in total. The van der Waals surface area contributed by atoms with Gasteiger partial charge in [-0.25, -0.2) is 4.79 Å². The standard InChI is InChI=1S/C10H12O5/c1-5-6(2)10(15-9(5,3)13)7(11)4-8(12)14-10/h4-5,11,13H,2H2,1,3H3/t5?,9?,10-/m0/s1. The number of rotatable bonds is 0. The average molecular weight is 212 g/mol. The molecule has 1 spiro atoms. The van der Waals surface area contributed by atoms with Crippen molar-refractivity contribution in [2.24, 2.45) is 5.92 Å². The lowest BCUT2D eigenvalue weighted by molar-refractivity contribution is -0.276. The summed E-state index contributed by atoms with van der Waals surface area (Å²) >= 11 is 0. The van der Waals surface area contributed by atoms with Crippen molar-refractivity contribution in [1.29, 1.82) is 0 Å². The fraction of sp³-hybridized carbons (Fsp3) is 0.500. The average Bonchev–Trinajstić information content (AvgIpc) is 2.46. The minimum Gasteiger partial charge on any atom is -0.505 e. The molecule has 1 fully saturated rings. The largest absolute Gasteiger partial charge is 0.505 e. The van der Waals surface area contributed by atoms with Crippen LogP contribution in [-0.4, -0.2) is 27.8 Å². The summed E-state index contributed by atoms with van der Waals surface area (Å²) in [6.07, 6.45) is 0.916. The molecule has 5 heteroatoms. The zero-order valence-electron chi connectivity index (χ0n) is 8.48. The minimum atomic E-state index is -1.69. The SMILES string of the molecule is C=C1C(C)C(C)(O)O[C@@]12OC(=O)C=C2O. The molecule has 2 aliphatic heterocycles. The molecule has 2 heterocycles. The molecule has 5 nitrogen and oxygen atoms in total. The van der Waals surface area contributed by atoms with Gasteiger partial charge in [0.1, 0.15) is 0 Å². The van der Waals surface area contributed by atoms with E-state index in [4.69, 9.17) is 9.47 Å². The first-order chi connectivity index (χ1) is 6.79. The fourth-order valence-corrected chi connectivity index (χ4v) is 1.79. The highest BCUT2D eigenvalue weighted by Gasteiger charge is 2.61. The second-order valence-corrected chi connectivity index (χ2v) is 3.97. The van der Waals surface area contributed by atoms with Gasteiger partial charge in [-0.15, -0.1) is 0 Å². The van der Waals surface area contributed by atoms with E-state index in [2.05, 4.69) is 6.58 Å². The van der Waals surface area contributed by atoms with Crippen LogP contribution in [0.15, 0.2) is 24.0 Å². The Morgan fingerprint density at radius 2 is 2.20 bits per heavy atom. The Labute approximate surface area is 86.6 Å². The topological polar surface area (TPSA) is 76.0 Å². The van der Waals surface area contributed by atoms with Gasteiger partial charge in [-0.1, -0.05) is 13.5 Å². The van der Waals surface area contributed by atoms with E-state index in [9.17, 15) is 15.0 Å². The minimum absolute atomic E-state index is 0.326. The van der Waals surface area contributed by atoms with E-state index in [1.807, 2.05) is 0 Å². The third-order valence-corrected chi connectivity index (χ3v) is 2.94. The van der Waals surface area contributed by atoms with Crippen LogP contribution in [0, 0.1) is 5.92 Å². The van der Waals surface area contributed by atoms with E-state index in [1.54, 1.807) is 6.92 Å². The lowest BCUT2D eigenvalue weighted by Gasteiger charge is -2.25. The van der Waals surface area contributed by atoms with Gasteiger partial charge in [0, 0.05) is 11.5 Å². The number of esters is 1. The van der Waals surface area contributed by atoms with Crippen LogP contribution in [0.3, 0.4) is 0 Å². The molecule has 1 saturated heterocycles. The van der Waals surface area contributed by atoms with Gasteiger partial charge in [-0.2, -0.15) is 0 Å². The summed E-state index contributed by atoms with van der Waals surface area (Å²) in [5.74, 6) is -4.73. The maximum Gasteiger partial charge on any atom is 0.337 e. The molecule has 15 heavy (non-hydrogen) atoms. The molecule has 82 valence electrons. The summed E-state index contributed by atoms with van der Waals surface area (Å²) in [7, 11) is 0. The second-order valence-electron chi connectivity index (χ2n) is 3.97. The normalized spacial score (nSPS) is 44.7. The second kappa shape index (κ2) is 2.62. The molecule has 3 atom stereocenters. The van der Waals surface area contributed by atoms with Gasteiger partial charge < -0.3 is 14.9 Å². The van der Waals surface area contributed by atoms with Crippen molar-refractivity contribution in [3.8, 4) is 0 Å². The molecule has 0 saturated carbocycles. The number of aliphatic hydroxyl groups excluding tert-OH is 1. The summed E-state index contributed by atoms with van der Waals surface area (Å²) in [6, 6.07) is 0. The van der Waals surface area contributed by atoms with Crippen molar-refractivity contribution < 1.29 is 24.5 Å². The van der Waals surface area contributed by atoms with Crippen LogP contribution in [-0.2, 0) is 14.3 Å². The van der Waals surface area contributed by atoms with Gasteiger partial charge in [-0.05, 0) is 6.92 Å². The molecule has 0 aromatic heterocycles. The zero-order chi connectivity index (χ0) is 11.4. The van der Waals surface area contributed by atoms with E-state index in [0.717, 1.165) is 6.08 Å². The predicted octanol–water partition coefficient (Wildman–Crippen LogP) is 0.612. The molecule has 0 bridgehead atoms. The Morgan fingerprint density at radius 1 is 1.60 bits per heavy atom. The number of hydrogen-bond donors (Lipinski definition) is 2. The van der Waals surface area contributed by atoms with Crippen molar-refractivity contribution in [3.05, 3.63) is 24.0 Å². The third-order valence-electron chi connectivity index (χ3n) is 2.94. The first-order valence-corrected chi connectivity index (χ1v) is 4.55. The first kappa shape index (κ1) is 10.2. The number of carbonyl (C=O) groups is 1. The maximum atomic E-state index is 11.0. The highest BCUT2D eigenvalue weighted by molar-refractivity contribution is 5.86. The summed E-state index contributed by atoms with van der Waals surface area (Å²) in [5, 5.41) is 19.4. The van der Waals surface area contributed by atoms with E-state index in [0.29, 0.717) is 5.57 Å². The van der Waals surface area contributed by atoms with Gasteiger partial charge in [0.05, 0.1) is 6.08 Å². The molecule has 2 aliphatic rings. The number of carbonyl (C=O) groups excluding carboxylic acids is 1. The van der Waals surface area contributed by atoms with Gasteiger partial charge in [0.2, 0.25) is 0 Å². The van der Waals surface area contributed by atoms with Crippen molar-refractivity contribution in [2.75, 3.05) is 0 Å². The summed E-state index contributed by atoms with van der Waals surface area (Å²) in [6.45, 7) is 6.79. The summed E-state index contributed by atoms with van der Waals surface area (Å²) in [4.78, 5) is 11.0. The molecule has 0 aromatic carbocycles. The van der Waals surface area contributed by atoms with E-state index in [-0.39, 0.29) is 5.76 Å². The number of aliphatic hydroxyl groups is 2. The van der Waals surface area contributed by atoms with Gasteiger partial charge >= 0.3 is 5.97 Å². The van der Waals surface area contributed by atoms with Crippen molar-refractivity contribution >= 4 is 5.97 Å². The van der Waals surface area contributed by atoms with Crippen molar-refractivity contribution in [2.45, 2.75) is 25.4 Å². The maximum absolute atomic E-state index is 11.0. The Morgan fingerprint density at radius 3 is 2.53 bits per heavy atom. The van der Waals surface area contributed by atoms with Gasteiger partial charge in [0.25, 0.3) is 5.79 Å². The quantitative estimate of drug-likeness (QED) is 0.454. The molecule has 0 aromatic rings. The lowest BCUT2D eigenvalue weighted by atomic mass is 9.93. The van der Waals surface area contributed by atoms with E-state index in [1.165, 1.54) is 6.92 Å². The predicted molar refractivity (Wildman–Crippen MR) is 49.5 cm³/mol. The molecule has 0 radical (unpaired) electrons. The molecule has 0 amide bonds. The van der Waals surface area contributed by atoms with Crippen molar-refractivity contribution in [1.82, 2.24) is 0 Å². The summed E-state index contributed by atoms with van der Waals surface area (Å²) in [5.41, 5.74) is 0.326. The van der Waals surface area contributed by atoms with Crippen LogP contribution >= 0.6 is 0 Å². The number of hydrogen-bond acceptors (Lipinski definition) is 5. The highest BCUT2D eigenvalue weighted by Crippen LogP contribution is 2.49. The molecular formula is C10H12O5. The summed E-state index contributed by atoms with van der Waals surface area (Å²) < 4.78 is 10.1. The molecule has 2 unspecified atom stereocenters. The van der Waals surface area contributed by atoms with Gasteiger partial charge in [-0.3, -0.25) is 4.74 Å². The molecule has 2 rings (SSSR count). The Balaban J connectivity index is 2.46. The number of ether oxygens (including phenoxy) is 2.